The molecule has 0 aromatic heterocycles. The van der Waals surface area contributed by atoms with Crippen molar-refractivity contribution in [3.8, 4) is 0 Å². The van der Waals surface area contributed by atoms with E-state index in [0.29, 0.717) is 12.2 Å². The van der Waals surface area contributed by atoms with Crippen molar-refractivity contribution in [3.05, 3.63) is 35.4 Å². The van der Waals surface area contributed by atoms with Gasteiger partial charge < -0.3 is 4.90 Å². The number of benzene rings is 1. The summed E-state index contributed by atoms with van der Waals surface area (Å²) >= 11 is 0. The number of aryl methyl sites for hydroxylation is 1. The SMILES string of the molecule is Cc1ccccc1C(=O)NOCCN1CCCC1. The number of hydrogen-bond acceptors (Lipinski definition) is 3. The Balaban J connectivity index is 1.70. The fraction of sp³-hybridized carbons (Fsp3) is 0.500. The average Bonchev–Trinajstić information content (AvgIpc) is 2.88. The molecular formula is C14H20N2O2. The molecule has 1 heterocycles. The first kappa shape index (κ1) is 13.1. The third-order valence-corrected chi connectivity index (χ3v) is 3.26. The van der Waals surface area contributed by atoms with E-state index >= 15 is 0 Å². The molecule has 1 fully saturated rings. The van der Waals surface area contributed by atoms with Crippen molar-refractivity contribution in [2.75, 3.05) is 26.2 Å². The fourth-order valence-electron chi connectivity index (χ4n) is 2.18. The van der Waals surface area contributed by atoms with Crippen LogP contribution in [0.15, 0.2) is 24.3 Å². The van der Waals surface area contributed by atoms with Crippen LogP contribution in [0.4, 0.5) is 0 Å². The highest BCUT2D eigenvalue weighted by Crippen LogP contribution is 2.07. The summed E-state index contributed by atoms with van der Waals surface area (Å²) in [6, 6.07) is 7.49. The zero-order chi connectivity index (χ0) is 12.8. The summed E-state index contributed by atoms with van der Waals surface area (Å²) in [5.41, 5.74) is 4.12. The Kier molecular flexibility index (Phi) is 4.73. The fourth-order valence-corrected chi connectivity index (χ4v) is 2.18. The van der Waals surface area contributed by atoms with Crippen LogP contribution in [0.2, 0.25) is 0 Å². The van der Waals surface area contributed by atoms with Crippen LogP contribution < -0.4 is 5.48 Å². The summed E-state index contributed by atoms with van der Waals surface area (Å²) in [4.78, 5) is 19.4. The molecule has 1 aromatic rings. The van der Waals surface area contributed by atoms with Gasteiger partial charge in [0.05, 0.1) is 6.61 Å². The highest BCUT2D eigenvalue weighted by atomic mass is 16.6. The Morgan fingerprint density at radius 1 is 1.33 bits per heavy atom. The Bertz CT molecular complexity index is 401. The minimum absolute atomic E-state index is 0.172. The smallest absolute Gasteiger partial charge is 0.275 e. The summed E-state index contributed by atoms with van der Waals surface area (Å²) in [6.07, 6.45) is 2.55. The molecule has 0 bridgehead atoms. The van der Waals surface area contributed by atoms with E-state index in [2.05, 4.69) is 10.4 Å². The summed E-state index contributed by atoms with van der Waals surface area (Å²) in [6.45, 7) is 5.63. The van der Waals surface area contributed by atoms with Gasteiger partial charge in [-0.2, -0.15) is 0 Å². The molecule has 0 saturated carbocycles. The van der Waals surface area contributed by atoms with E-state index < -0.39 is 0 Å². The second-order valence-electron chi connectivity index (χ2n) is 4.64. The van der Waals surface area contributed by atoms with E-state index in [-0.39, 0.29) is 5.91 Å². The van der Waals surface area contributed by atoms with Crippen molar-refractivity contribution in [2.24, 2.45) is 0 Å². The molecule has 1 aliphatic rings. The number of amides is 1. The van der Waals surface area contributed by atoms with Crippen molar-refractivity contribution >= 4 is 5.91 Å². The van der Waals surface area contributed by atoms with Gasteiger partial charge in [-0.25, -0.2) is 5.48 Å². The molecule has 2 rings (SSSR count). The molecule has 0 aliphatic carbocycles. The van der Waals surface area contributed by atoms with Gasteiger partial charge in [-0.05, 0) is 44.5 Å². The van der Waals surface area contributed by atoms with Crippen molar-refractivity contribution in [3.63, 3.8) is 0 Å². The molecule has 0 atom stereocenters. The zero-order valence-electron chi connectivity index (χ0n) is 10.8. The van der Waals surface area contributed by atoms with Gasteiger partial charge in [-0.3, -0.25) is 9.63 Å². The molecule has 1 aliphatic heterocycles. The molecule has 18 heavy (non-hydrogen) atoms. The maximum Gasteiger partial charge on any atom is 0.275 e. The van der Waals surface area contributed by atoms with Crippen LogP contribution in [-0.4, -0.2) is 37.0 Å². The molecule has 0 radical (unpaired) electrons. The lowest BCUT2D eigenvalue weighted by Gasteiger charge is -2.14. The lowest BCUT2D eigenvalue weighted by molar-refractivity contribution is 0.0243. The van der Waals surface area contributed by atoms with Crippen LogP contribution in [0.25, 0.3) is 0 Å². The van der Waals surface area contributed by atoms with E-state index in [9.17, 15) is 4.79 Å². The first-order valence-electron chi connectivity index (χ1n) is 6.47. The van der Waals surface area contributed by atoms with Gasteiger partial charge in [-0.15, -0.1) is 0 Å². The Labute approximate surface area is 108 Å². The Morgan fingerprint density at radius 2 is 2.06 bits per heavy atom. The van der Waals surface area contributed by atoms with E-state index in [1.165, 1.54) is 12.8 Å². The van der Waals surface area contributed by atoms with E-state index in [1.807, 2.05) is 25.1 Å². The molecule has 1 saturated heterocycles. The molecule has 98 valence electrons. The Morgan fingerprint density at radius 3 is 2.78 bits per heavy atom. The number of hydrogen-bond donors (Lipinski definition) is 1. The van der Waals surface area contributed by atoms with E-state index in [4.69, 9.17) is 4.84 Å². The summed E-state index contributed by atoms with van der Waals surface area (Å²) in [5, 5.41) is 0. The van der Waals surface area contributed by atoms with Gasteiger partial charge in [0.2, 0.25) is 0 Å². The standard InChI is InChI=1S/C14H20N2O2/c1-12-6-2-3-7-13(12)14(17)15-18-11-10-16-8-4-5-9-16/h2-3,6-7H,4-5,8-11H2,1H3,(H,15,17). The summed E-state index contributed by atoms with van der Waals surface area (Å²) in [7, 11) is 0. The summed E-state index contributed by atoms with van der Waals surface area (Å²) < 4.78 is 0. The zero-order valence-corrected chi connectivity index (χ0v) is 10.8. The highest BCUT2D eigenvalue weighted by Gasteiger charge is 2.11. The number of rotatable bonds is 5. The predicted molar refractivity (Wildman–Crippen MR) is 70.3 cm³/mol. The van der Waals surface area contributed by atoms with Gasteiger partial charge in [0.1, 0.15) is 0 Å². The van der Waals surface area contributed by atoms with E-state index in [1.54, 1.807) is 6.07 Å². The van der Waals surface area contributed by atoms with Crippen LogP contribution in [-0.2, 0) is 4.84 Å². The molecule has 0 spiro atoms. The van der Waals surface area contributed by atoms with Crippen molar-refractivity contribution in [1.29, 1.82) is 0 Å². The maximum atomic E-state index is 11.8. The molecule has 4 nitrogen and oxygen atoms in total. The topological polar surface area (TPSA) is 41.6 Å². The van der Waals surface area contributed by atoms with Crippen LogP contribution in [0.5, 0.6) is 0 Å². The summed E-state index contributed by atoms with van der Waals surface area (Å²) in [5.74, 6) is -0.172. The van der Waals surface area contributed by atoms with E-state index in [0.717, 1.165) is 25.2 Å². The molecule has 1 amide bonds. The monoisotopic (exact) mass is 248 g/mol. The van der Waals surface area contributed by atoms with Gasteiger partial charge in [0.15, 0.2) is 0 Å². The highest BCUT2D eigenvalue weighted by molar-refractivity contribution is 5.94. The van der Waals surface area contributed by atoms with Crippen LogP contribution in [0.3, 0.4) is 0 Å². The second-order valence-corrected chi connectivity index (χ2v) is 4.64. The van der Waals surface area contributed by atoms with Gasteiger partial charge in [-0.1, -0.05) is 18.2 Å². The third-order valence-electron chi connectivity index (χ3n) is 3.26. The first-order chi connectivity index (χ1) is 8.77. The number of carbonyl (C=O) groups excluding carboxylic acids is 1. The van der Waals surface area contributed by atoms with Crippen LogP contribution in [0, 0.1) is 6.92 Å². The number of hydroxylamine groups is 1. The largest absolute Gasteiger partial charge is 0.301 e. The molecule has 0 unspecified atom stereocenters. The third kappa shape index (κ3) is 3.55. The lowest BCUT2D eigenvalue weighted by atomic mass is 10.1. The minimum Gasteiger partial charge on any atom is -0.301 e. The van der Waals surface area contributed by atoms with Gasteiger partial charge in [0, 0.05) is 12.1 Å². The number of likely N-dealkylation sites (tertiary alicyclic amines) is 1. The molecule has 4 heteroatoms. The van der Waals surface area contributed by atoms with Gasteiger partial charge in [0.25, 0.3) is 5.91 Å². The molecule has 1 aromatic carbocycles. The normalized spacial score (nSPS) is 15.8. The first-order valence-corrected chi connectivity index (χ1v) is 6.47. The number of nitrogens with zero attached hydrogens (tertiary/aromatic N) is 1. The van der Waals surface area contributed by atoms with Crippen LogP contribution >= 0.6 is 0 Å². The average molecular weight is 248 g/mol. The Hall–Kier alpha value is -1.39. The molecule has 1 N–H and O–H groups in total. The minimum atomic E-state index is -0.172. The quantitative estimate of drug-likeness (QED) is 0.637. The molecular weight excluding hydrogens is 228 g/mol. The van der Waals surface area contributed by atoms with Gasteiger partial charge >= 0.3 is 0 Å². The van der Waals surface area contributed by atoms with Crippen molar-refractivity contribution in [2.45, 2.75) is 19.8 Å². The number of nitrogens with one attached hydrogen (secondary N) is 1. The second kappa shape index (κ2) is 6.52. The van der Waals surface area contributed by atoms with Crippen LogP contribution in [0.1, 0.15) is 28.8 Å². The number of carbonyl (C=O) groups is 1. The maximum absolute atomic E-state index is 11.8. The van der Waals surface area contributed by atoms with Crippen molar-refractivity contribution in [1.82, 2.24) is 10.4 Å². The lowest BCUT2D eigenvalue weighted by Crippen LogP contribution is -2.30. The predicted octanol–water partition coefficient (Wildman–Crippen LogP) is 1.75. The van der Waals surface area contributed by atoms with Crippen molar-refractivity contribution < 1.29 is 9.63 Å².